The summed E-state index contributed by atoms with van der Waals surface area (Å²) in [6, 6.07) is 15.9. The number of rotatable bonds is 5. The van der Waals surface area contributed by atoms with Crippen LogP contribution in [0.1, 0.15) is 55.6 Å². The average molecular weight is 556 g/mol. The van der Waals surface area contributed by atoms with Gasteiger partial charge < -0.3 is 25.4 Å². The number of fused-ring (bicyclic) bond motifs is 7. The number of ether oxygens (including phenoxy) is 2. The molecule has 1 unspecified atom stereocenters. The molecule has 1 saturated heterocycles. The summed E-state index contributed by atoms with van der Waals surface area (Å²) in [5.74, 6) is -0.0886. The fourth-order valence-corrected chi connectivity index (χ4v) is 9.14. The molecule has 0 amide bonds. The van der Waals surface area contributed by atoms with E-state index in [1.54, 1.807) is 12.2 Å². The second-order valence-electron chi connectivity index (χ2n) is 12.9. The number of allylic oxidation sites excluding steroid dienone is 4. The van der Waals surface area contributed by atoms with Gasteiger partial charge in [0.1, 0.15) is 6.61 Å². The van der Waals surface area contributed by atoms with Crippen LogP contribution < -0.4 is 5.73 Å². The Morgan fingerprint density at radius 1 is 1.15 bits per heavy atom. The van der Waals surface area contributed by atoms with Crippen LogP contribution in [0.25, 0.3) is 0 Å². The number of aliphatic hydroxyl groups is 2. The first-order valence-corrected chi connectivity index (χ1v) is 14.7. The van der Waals surface area contributed by atoms with Gasteiger partial charge in [-0.05, 0) is 85.3 Å². The van der Waals surface area contributed by atoms with Gasteiger partial charge >= 0.3 is 0 Å². The van der Waals surface area contributed by atoms with Crippen molar-refractivity contribution in [2.75, 3.05) is 12.3 Å². The molecule has 7 rings (SSSR count). The average Bonchev–Trinajstić information content (AvgIpc) is 3.46. The van der Waals surface area contributed by atoms with Gasteiger partial charge in [-0.2, -0.15) is 0 Å². The lowest BCUT2D eigenvalue weighted by Crippen LogP contribution is -2.62. The van der Waals surface area contributed by atoms with Gasteiger partial charge in [-0.25, -0.2) is 0 Å². The minimum absolute atomic E-state index is 0.0124. The fraction of sp³-hybridized carbons (Fsp3) is 0.471. The Morgan fingerprint density at radius 2 is 1.95 bits per heavy atom. The Morgan fingerprint density at radius 3 is 2.71 bits per heavy atom. The van der Waals surface area contributed by atoms with E-state index in [0.717, 1.165) is 47.2 Å². The zero-order chi connectivity index (χ0) is 28.5. The van der Waals surface area contributed by atoms with Gasteiger partial charge in [0.2, 0.25) is 0 Å². The highest BCUT2D eigenvalue weighted by Gasteiger charge is 2.75. The summed E-state index contributed by atoms with van der Waals surface area (Å²) in [4.78, 5) is 25.7. The molecule has 1 heterocycles. The van der Waals surface area contributed by atoms with E-state index >= 15 is 0 Å². The van der Waals surface area contributed by atoms with Gasteiger partial charge in [0.05, 0.1) is 12.2 Å². The van der Waals surface area contributed by atoms with Crippen molar-refractivity contribution >= 4 is 17.3 Å². The number of ketones is 2. The third kappa shape index (κ3) is 4.01. The van der Waals surface area contributed by atoms with E-state index in [4.69, 9.17) is 15.2 Å². The van der Waals surface area contributed by atoms with Gasteiger partial charge in [0.25, 0.3) is 0 Å². The lowest BCUT2D eigenvalue weighted by molar-refractivity contribution is -0.197. The van der Waals surface area contributed by atoms with E-state index in [1.807, 2.05) is 54.6 Å². The highest BCUT2D eigenvalue weighted by Crippen LogP contribution is 2.69. The summed E-state index contributed by atoms with van der Waals surface area (Å²) in [7, 11) is 0. The zero-order valence-corrected chi connectivity index (χ0v) is 23.2. The van der Waals surface area contributed by atoms with Crippen LogP contribution in [-0.4, -0.2) is 46.2 Å². The predicted octanol–water partition coefficient (Wildman–Crippen LogP) is 4.07. The molecule has 2 aromatic carbocycles. The summed E-state index contributed by atoms with van der Waals surface area (Å²) in [6.07, 6.45) is 6.81. The topological polar surface area (TPSA) is 119 Å². The first-order chi connectivity index (χ1) is 19.7. The smallest absolute Gasteiger partial charge is 0.193 e. The van der Waals surface area contributed by atoms with Crippen LogP contribution in [0.15, 0.2) is 72.3 Å². The van der Waals surface area contributed by atoms with E-state index in [9.17, 15) is 19.8 Å². The molecule has 41 heavy (non-hydrogen) atoms. The van der Waals surface area contributed by atoms with Crippen molar-refractivity contribution in [2.24, 2.45) is 29.1 Å². The van der Waals surface area contributed by atoms with E-state index in [-0.39, 0.29) is 35.2 Å². The fourth-order valence-electron chi connectivity index (χ4n) is 9.14. The minimum Gasteiger partial charge on any atom is -0.399 e. The van der Waals surface area contributed by atoms with Crippen molar-refractivity contribution in [3.05, 3.63) is 89.0 Å². The zero-order valence-electron chi connectivity index (χ0n) is 23.2. The first kappa shape index (κ1) is 26.8. The number of carbonyl (C=O) groups excluding carboxylic acids is 2. The molecule has 3 saturated carbocycles. The molecule has 0 aromatic heterocycles. The Balaban J connectivity index is 1.16. The number of hydrogen-bond acceptors (Lipinski definition) is 7. The number of benzene rings is 2. The number of nitrogens with two attached hydrogens (primary N) is 1. The van der Waals surface area contributed by atoms with E-state index in [2.05, 4.69) is 6.92 Å². The second-order valence-corrected chi connectivity index (χ2v) is 12.9. The maximum absolute atomic E-state index is 13.7. The SMILES string of the molecule is C[C@]12C[C@H](O)[C@@H]3C4C=CC(=O)C=C4CC[C@H]3[C@@H]1C[C@H]1O[C@@H](c3ccc(Cc4cccc(N)c4)cc3)O[C@]12C(=O)CO. The number of carbonyl (C=O) groups is 2. The predicted molar refractivity (Wildman–Crippen MR) is 152 cm³/mol. The Bertz CT molecular complexity index is 1450. The molecule has 5 aliphatic rings. The minimum atomic E-state index is -1.34. The summed E-state index contributed by atoms with van der Waals surface area (Å²) < 4.78 is 13.2. The van der Waals surface area contributed by atoms with Crippen LogP contribution in [0.2, 0.25) is 0 Å². The first-order valence-electron chi connectivity index (χ1n) is 14.7. The van der Waals surface area contributed by atoms with E-state index in [1.165, 1.54) is 0 Å². The molecule has 4 aliphatic carbocycles. The number of hydrogen-bond donors (Lipinski definition) is 3. The van der Waals surface area contributed by atoms with Crippen LogP contribution in [0.4, 0.5) is 5.69 Å². The molecule has 7 heteroatoms. The quantitative estimate of drug-likeness (QED) is 0.476. The molecule has 0 radical (unpaired) electrons. The van der Waals surface area contributed by atoms with Crippen molar-refractivity contribution in [1.29, 1.82) is 0 Å². The standard InChI is InChI=1S/C34H37NO6/c1-33-17-28(38)31-25-12-10-24(37)15-22(25)9-11-26(31)27(33)16-30-34(33,29(39)18-36)41-32(40-30)21-7-5-19(6-8-21)13-20-3-2-4-23(35)14-20/h2-8,10,12,14-15,25-28,30-32,36,38H,9,11,13,16-18,35H2,1H3/t25?,26-,27-,28-,30+,31+,32+,33-,34+/m0/s1. The maximum atomic E-state index is 13.7. The lowest BCUT2D eigenvalue weighted by atomic mass is 9.49. The summed E-state index contributed by atoms with van der Waals surface area (Å²) in [5, 5.41) is 21.8. The van der Waals surface area contributed by atoms with Crippen molar-refractivity contribution < 1.29 is 29.3 Å². The van der Waals surface area contributed by atoms with Crippen LogP contribution in [0.3, 0.4) is 0 Å². The van der Waals surface area contributed by atoms with Crippen LogP contribution in [0, 0.1) is 29.1 Å². The summed E-state index contributed by atoms with van der Waals surface area (Å²) in [6.45, 7) is 1.41. The van der Waals surface area contributed by atoms with Crippen molar-refractivity contribution in [1.82, 2.24) is 0 Å². The Kier molecular flexibility index (Phi) is 6.36. The molecule has 2 aromatic rings. The Hall–Kier alpha value is -3.10. The normalized spacial score (nSPS) is 39.0. The molecule has 4 fully saturated rings. The van der Waals surface area contributed by atoms with Gasteiger partial charge in [-0.15, -0.1) is 0 Å². The third-order valence-electron chi connectivity index (χ3n) is 10.8. The largest absolute Gasteiger partial charge is 0.399 e. The Labute approximate surface area is 240 Å². The van der Waals surface area contributed by atoms with Crippen molar-refractivity contribution in [3.8, 4) is 0 Å². The van der Waals surface area contributed by atoms with Crippen LogP contribution in [0.5, 0.6) is 0 Å². The van der Waals surface area contributed by atoms with Crippen LogP contribution in [-0.2, 0) is 25.5 Å². The van der Waals surface area contributed by atoms with Gasteiger partial charge in [0, 0.05) is 22.6 Å². The number of Topliss-reactive ketones (excluding diaryl/α,β-unsaturated/α-hetero) is 1. The highest BCUT2D eigenvalue weighted by molar-refractivity contribution is 6.01. The highest BCUT2D eigenvalue weighted by atomic mass is 16.7. The third-order valence-corrected chi connectivity index (χ3v) is 10.8. The van der Waals surface area contributed by atoms with Crippen molar-refractivity contribution in [2.45, 2.75) is 63.1 Å². The van der Waals surface area contributed by atoms with E-state index in [0.29, 0.717) is 12.8 Å². The van der Waals surface area contributed by atoms with E-state index < -0.39 is 36.1 Å². The van der Waals surface area contributed by atoms with Gasteiger partial charge in [-0.1, -0.05) is 55.0 Å². The molecule has 0 bridgehead atoms. The molecule has 4 N–H and O–H groups in total. The molecule has 214 valence electrons. The molecular weight excluding hydrogens is 518 g/mol. The number of nitrogen functional groups attached to an aromatic ring is 1. The van der Waals surface area contributed by atoms with Crippen LogP contribution >= 0.6 is 0 Å². The molecule has 1 aliphatic heterocycles. The number of anilines is 1. The maximum Gasteiger partial charge on any atom is 0.193 e. The summed E-state index contributed by atoms with van der Waals surface area (Å²) >= 11 is 0. The van der Waals surface area contributed by atoms with Gasteiger partial charge in [-0.3, -0.25) is 9.59 Å². The second kappa shape index (κ2) is 9.73. The lowest BCUT2D eigenvalue weighted by Gasteiger charge is -2.56. The molecule has 9 atom stereocenters. The number of aliphatic hydroxyl groups excluding tert-OH is 2. The van der Waals surface area contributed by atoms with Crippen molar-refractivity contribution in [3.63, 3.8) is 0 Å². The molecule has 0 spiro atoms. The monoisotopic (exact) mass is 555 g/mol. The van der Waals surface area contributed by atoms with Gasteiger partial charge in [0.15, 0.2) is 23.5 Å². The molecule has 7 nitrogen and oxygen atoms in total. The molecular formula is C34H37NO6. The summed E-state index contributed by atoms with van der Waals surface area (Å²) in [5.41, 5.74) is 8.81.